The van der Waals surface area contributed by atoms with E-state index in [-0.39, 0.29) is 0 Å². The fourth-order valence-electron chi connectivity index (χ4n) is 1.39. The molecule has 0 unspecified atom stereocenters. The molecular weight excluding hydrogens is 333 g/mol. The van der Waals surface area contributed by atoms with Crippen LogP contribution in [0.5, 0.6) is 0 Å². The zero-order valence-corrected chi connectivity index (χ0v) is 14.1. The van der Waals surface area contributed by atoms with E-state index in [0.29, 0.717) is 12.1 Å². The summed E-state index contributed by atoms with van der Waals surface area (Å²) in [6, 6.07) is 11.2. The lowest BCUT2D eigenvalue weighted by molar-refractivity contribution is -0.495. The molecule has 0 fully saturated rings. The average molecular weight is 354 g/mol. The Kier molecular flexibility index (Phi) is 8.25. The van der Waals surface area contributed by atoms with E-state index in [2.05, 4.69) is 62.3 Å². The highest BCUT2D eigenvalue weighted by Crippen LogP contribution is 2.20. The molecule has 0 aliphatic rings. The molecular formula is C14H21F3N2O3S. The first-order valence-corrected chi connectivity index (χ1v) is 8.23. The van der Waals surface area contributed by atoms with E-state index in [1.54, 1.807) is 0 Å². The molecule has 1 aromatic carbocycles. The molecule has 0 heterocycles. The number of rotatable bonds is 3. The van der Waals surface area contributed by atoms with Crippen molar-refractivity contribution >= 4 is 16.0 Å². The van der Waals surface area contributed by atoms with Crippen LogP contribution in [0.2, 0.25) is 0 Å². The summed E-state index contributed by atoms with van der Waals surface area (Å²) in [4.78, 5) is 3.43. The minimum Gasteiger partial charge on any atom is -0.741 e. The van der Waals surface area contributed by atoms with Crippen LogP contribution in [-0.2, 0) is 10.1 Å². The summed E-state index contributed by atoms with van der Waals surface area (Å²) < 4.78 is 58.9. The van der Waals surface area contributed by atoms with E-state index in [1.807, 2.05) is 6.07 Å². The van der Waals surface area contributed by atoms with Crippen LogP contribution in [0.4, 0.5) is 13.2 Å². The second-order valence-electron chi connectivity index (χ2n) is 5.24. The first-order chi connectivity index (χ1) is 10.3. The first-order valence-electron chi connectivity index (χ1n) is 6.82. The Balaban J connectivity index is 0.000000515. The van der Waals surface area contributed by atoms with E-state index in [1.165, 1.54) is 5.56 Å². The molecule has 0 amide bonds. The molecule has 0 atom stereocenters. The third-order valence-corrected chi connectivity index (χ3v) is 2.78. The zero-order valence-electron chi connectivity index (χ0n) is 13.3. The third kappa shape index (κ3) is 9.19. The van der Waals surface area contributed by atoms with Crippen molar-refractivity contribution in [1.29, 1.82) is 0 Å². The minimum absolute atomic E-state index is 0.437. The summed E-state index contributed by atoms with van der Waals surface area (Å²) in [5.74, 6) is 1.11. The Hall–Kier alpha value is -1.61. The van der Waals surface area contributed by atoms with Gasteiger partial charge in [0.1, 0.15) is 0 Å². The second-order valence-corrected chi connectivity index (χ2v) is 6.61. The highest BCUT2D eigenvalue weighted by atomic mass is 32.2. The maximum absolute atomic E-state index is 10.7. The third-order valence-electron chi connectivity index (χ3n) is 2.21. The largest absolute Gasteiger partial charge is 0.741 e. The van der Waals surface area contributed by atoms with Gasteiger partial charge in [-0.1, -0.05) is 18.2 Å². The molecule has 1 rings (SSSR count). The maximum Gasteiger partial charge on any atom is 0.485 e. The monoisotopic (exact) mass is 354 g/mol. The van der Waals surface area contributed by atoms with E-state index < -0.39 is 15.6 Å². The number of hydrogen-bond donors (Lipinski definition) is 2. The Bertz CT molecular complexity index is 597. The van der Waals surface area contributed by atoms with E-state index in [4.69, 9.17) is 13.0 Å². The van der Waals surface area contributed by atoms with Gasteiger partial charge in [-0.25, -0.2) is 8.42 Å². The van der Waals surface area contributed by atoms with Crippen molar-refractivity contribution in [2.24, 2.45) is 0 Å². The van der Waals surface area contributed by atoms with Gasteiger partial charge in [0.25, 0.3) is 5.84 Å². The molecule has 0 aromatic heterocycles. The lowest BCUT2D eigenvalue weighted by atomic mass is 10.2. The summed E-state index contributed by atoms with van der Waals surface area (Å²) in [5, 5.41) is 3.43. The summed E-state index contributed by atoms with van der Waals surface area (Å²) in [5.41, 5.74) is -4.44. The summed E-state index contributed by atoms with van der Waals surface area (Å²) >= 11 is 0. The fraction of sp³-hybridized carbons (Fsp3) is 0.500. The van der Waals surface area contributed by atoms with Crippen molar-refractivity contribution in [3.63, 3.8) is 0 Å². The molecule has 0 radical (unpaired) electrons. The predicted molar refractivity (Wildman–Crippen MR) is 80.7 cm³/mol. The predicted octanol–water partition coefficient (Wildman–Crippen LogP) is 0.972. The van der Waals surface area contributed by atoms with Gasteiger partial charge < -0.3 is 4.55 Å². The number of hydrogen-bond acceptors (Lipinski definition) is 3. The molecule has 0 bridgehead atoms. The average Bonchev–Trinajstić information content (AvgIpc) is 2.36. The van der Waals surface area contributed by atoms with E-state index in [0.717, 1.165) is 5.84 Å². The summed E-state index contributed by atoms with van der Waals surface area (Å²) in [7, 11) is -6.09. The van der Waals surface area contributed by atoms with Crippen molar-refractivity contribution in [2.75, 3.05) is 0 Å². The molecule has 5 nitrogen and oxygen atoms in total. The molecule has 0 aliphatic carbocycles. The number of nitrogens with one attached hydrogen (secondary N) is 2. The molecule has 23 heavy (non-hydrogen) atoms. The van der Waals surface area contributed by atoms with Gasteiger partial charge in [-0.15, -0.1) is 0 Å². The SMILES string of the molecule is CC(C)NC(=[NH+]C(C)C)c1ccccc1.O=S(=O)([O-])C(F)(F)F. The molecule has 1 aromatic rings. The summed E-state index contributed by atoms with van der Waals surface area (Å²) in [6.07, 6.45) is 0. The number of halogens is 3. The molecule has 2 N–H and O–H groups in total. The molecule has 0 spiro atoms. The van der Waals surface area contributed by atoms with Crippen LogP contribution >= 0.6 is 0 Å². The van der Waals surface area contributed by atoms with E-state index in [9.17, 15) is 13.2 Å². The van der Waals surface area contributed by atoms with E-state index >= 15 is 0 Å². The van der Waals surface area contributed by atoms with Crippen LogP contribution < -0.4 is 10.3 Å². The highest BCUT2D eigenvalue weighted by Gasteiger charge is 2.36. The molecule has 9 heteroatoms. The van der Waals surface area contributed by atoms with Crippen LogP contribution in [0.3, 0.4) is 0 Å². The van der Waals surface area contributed by atoms with Gasteiger partial charge in [0.15, 0.2) is 10.1 Å². The normalized spacial score (nSPS) is 12.9. The van der Waals surface area contributed by atoms with Crippen LogP contribution in [0, 0.1) is 0 Å². The van der Waals surface area contributed by atoms with Gasteiger partial charge in [0, 0.05) is 0 Å². The van der Waals surface area contributed by atoms with Gasteiger partial charge in [0.05, 0.1) is 17.6 Å². The minimum atomic E-state index is -6.09. The van der Waals surface area contributed by atoms with Crippen molar-refractivity contribution in [2.45, 2.75) is 45.3 Å². The molecule has 0 aliphatic heterocycles. The van der Waals surface area contributed by atoms with Gasteiger partial charge in [-0.2, -0.15) is 13.2 Å². The second kappa shape index (κ2) is 8.88. The van der Waals surface area contributed by atoms with Gasteiger partial charge >= 0.3 is 5.51 Å². The van der Waals surface area contributed by atoms with Crippen LogP contribution in [-0.4, -0.2) is 36.4 Å². The van der Waals surface area contributed by atoms with Crippen molar-refractivity contribution in [3.8, 4) is 0 Å². The number of amidine groups is 1. The lowest BCUT2D eigenvalue weighted by Gasteiger charge is -2.08. The Morgan fingerprint density at radius 2 is 1.57 bits per heavy atom. The molecule has 132 valence electrons. The topological polar surface area (TPSA) is 83.2 Å². The summed E-state index contributed by atoms with van der Waals surface area (Å²) in [6.45, 7) is 8.58. The Labute approximate surface area is 134 Å². The maximum atomic E-state index is 10.7. The van der Waals surface area contributed by atoms with Crippen LogP contribution in [0.25, 0.3) is 0 Å². The Morgan fingerprint density at radius 3 is 1.87 bits per heavy atom. The number of alkyl halides is 3. The van der Waals surface area contributed by atoms with Crippen LogP contribution in [0.15, 0.2) is 30.3 Å². The van der Waals surface area contributed by atoms with Crippen molar-refractivity contribution < 1.29 is 31.1 Å². The standard InChI is InChI=1S/C13H20N2.CHF3O3S/c1-10(2)14-13(15-11(3)4)12-8-6-5-7-9-12;2-1(3,4)8(5,6)7/h5-11H,1-4H3,(H,14,15);(H,5,6,7). The van der Waals surface area contributed by atoms with Gasteiger partial charge in [0.2, 0.25) is 0 Å². The number of benzene rings is 1. The van der Waals surface area contributed by atoms with Crippen molar-refractivity contribution in [3.05, 3.63) is 35.9 Å². The van der Waals surface area contributed by atoms with Crippen LogP contribution in [0.1, 0.15) is 33.3 Å². The zero-order chi connectivity index (χ0) is 18.3. The smallest absolute Gasteiger partial charge is 0.485 e. The van der Waals surface area contributed by atoms with Gasteiger partial charge in [-0.3, -0.25) is 10.3 Å². The molecule has 0 saturated heterocycles. The highest BCUT2D eigenvalue weighted by molar-refractivity contribution is 7.86. The fourth-order valence-corrected chi connectivity index (χ4v) is 1.39. The Morgan fingerprint density at radius 1 is 1.13 bits per heavy atom. The quantitative estimate of drug-likeness (QED) is 0.367. The first kappa shape index (κ1) is 21.4. The van der Waals surface area contributed by atoms with Gasteiger partial charge in [-0.05, 0) is 39.8 Å². The molecule has 0 saturated carbocycles. The lowest BCUT2D eigenvalue weighted by Crippen LogP contribution is -2.81. The van der Waals surface area contributed by atoms with Crippen molar-refractivity contribution in [1.82, 2.24) is 5.32 Å².